The number of halogens is 1. The van der Waals surface area contributed by atoms with Crippen molar-refractivity contribution in [3.63, 3.8) is 0 Å². The lowest BCUT2D eigenvalue weighted by Gasteiger charge is -2.09. The summed E-state index contributed by atoms with van der Waals surface area (Å²) in [5, 5.41) is 10.5. The molecule has 0 saturated heterocycles. The Bertz CT molecular complexity index is 1000. The van der Waals surface area contributed by atoms with Crippen molar-refractivity contribution in [1.29, 1.82) is 0 Å². The number of esters is 1. The maximum absolute atomic E-state index is 14.1. The zero-order valence-corrected chi connectivity index (χ0v) is 16.7. The summed E-state index contributed by atoms with van der Waals surface area (Å²) in [6.45, 7) is 2.91. The smallest absolute Gasteiger partial charge is 0.307 e. The summed E-state index contributed by atoms with van der Waals surface area (Å²) in [5.74, 6) is -1.43. The third kappa shape index (κ3) is 5.73. The van der Waals surface area contributed by atoms with Gasteiger partial charge >= 0.3 is 5.97 Å². The summed E-state index contributed by atoms with van der Waals surface area (Å²) >= 11 is 0. The molecule has 2 aromatic carbocycles. The molecule has 0 aliphatic rings. The van der Waals surface area contributed by atoms with Crippen LogP contribution in [0.5, 0.6) is 0 Å². The van der Waals surface area contributed by atoms with Crippen LogP contribution in [0.4, 0.5) is 4.39 Å². The first-order valence-electron chi connectivity index (χ1n) is 9.74. The van der Waals surface area contributed by atoms with E-state index in [2.05, 4.69) is 15.6 Å². The lowest BCUT2D eigenvalue weighted by molar-refractivity contribution is -0.144. The molecule has 156 valence electrons. The van der Waals surface area contributed by atoms with E-state index in [0.717, 1.165) is 18.1 Å². The molecule has 0 aliphatic heterocycles. The minimum absolute atomic E-state index is 0.0218. The van der Waals surface area contributed by atoms with Crippen molar-refractivity contribution >= 4 is 11.9 Å². The Hall–Kier alpha value is -3.55. The van der Waals surface area contributed by atoms with Gasteiger partial charge in [-0.3, -0.25) is 9.59 Å². The van der Waals surface area contributed by atoms with Crippen molar-refractivity contribution in [1.82, 2.24) is 20.3 Å². The average Bonchev–Trinajstić information content (AvgIpc) is 3.21. The van der Waals surface area contributed by atoms with Gasteiger partial charge in [-0.05, 0) is 30.2 Å². The molecular weight excluding hydrogens is 387 g/mol. The second-order valence-corrected chi connectivity index (χ2v) is 6.72. The molecule has 3 aromatic rings. The number of amides is 1. The van der Waals surface area contributed by atoms with Crippen molar-refractivity contribution in [2.45, 2.75) is 32.9 Å². The zero-order valence-electron chi connectivity index (χ0n) is 16.7. The summed E-state index contributed by atoms with van der Waals surface area (Å²) in [6, 6.07) is 13.4. The number of hydrogen-bond donors (Lipinski definition) is 1. The zero-order chi connectivity index (χ0) is 21.3. The Morgan fingerprint density at radius 3 is 2.73 bits per heavy atom. The van der Waals surface area contributed by atoms with Crippen LogP contribution in [0.15, 0.2) is 54.7 Å². The van der Waals surface area contributed by atoms with Crippen LogP contribution in [0, 0.1) is 5.82 Å². The number of benzene rings is 2. The topological polar surface area (TPSA) is 86.1 Å². The van der Waals surface area contributed by atoms with Crippen LogP contribution in [0.2, 0.25) is 0 Å². The number of carbonyl (C=O) groups excluding carboxylic acids is 2. The second-order valence-electron chi connectivity index (χ2n) is 6.72. The Morgan fingerprint density at radius 2 is 1.97 bits per heavy atom. The molecule has 0 aliphatic carbocycles. The molecule has 1 N–H and O–H groups in total. The third-order valence-corrected chi connectivity index (χ3v) is 4.37. The predicted molar refractivity (Wildman–Crippen MR) is 109 cm³/mol. The molecule has 0 fully saturated rings. The van der Waals surface area contributed by atoms with E-state index in [4.69, 9.17) is 4.74 Å². The van der Waals surface area contributed by atoms with Crippen LogP contribution in [0.1, 0.15) is 35.7 Å². The number of ether oxygens (including phenoxy) is 1. The molecule has 8 heteroatoms. The van der Waals surface area contributed by atoms with E-state index in [9.17, 15) is 14.0 Å². The Morgan fingerprint density at radius 1 is 1.17 bits per heavy atom. The van der Waals surface area contributed by atoms with E-state index in [0.29, 0.717) is 17.8 Å². The largest absolute Gasteiger partial charge is 0.461 e. The van der Waals surface area contributed by atoms with Crippen molar-refractivity contribution in [2.24, 2.45) is 0 Å². The molecule has 1 heterocycles. The van der Waals surface area contributed by atoms with Crippen molar-refractivity contribution in [3.05, 3.63) is 71.7 Å². The van der Waals surface area contributed by atoms with Gasteiger partial charge in [-0.1, -0.05) is 42.5 Å². The lowest BCUT2D eigenvalue weighted by Crippen LogP contribution is -2.26. The maximum atomic E-state index is 14.1. The molecule has 1 amide bonds. The molecule has 30 heavy (non-hydrogen) atoms. The quantitative estimate of drug-likeness (QED) is 0.547. The fourth-order valence-corrected chi connectivity index (χ4v) is 2.92. The summed E-state index contributed by atoms with van der Waals surface area (Å²) in [7, 11) is 0. The lowest BCUT2D eigenvalue weighted by atomic mass is 10.1. The van der Waals surface area contributed by atoms with Crippen molar-refractivity contribution in [3.8, 4) is 11.3 Å². The van der Waals surface area contributed by atoms with Gasteiger partial charge in [0.05, 0.1) is 18.3 Å². The van der Waals surface area contributed by atoms with Gasteiger partial charge in [0, 0.05) is 24.2 Å². The molecule has 0 spiro atoms. The van der Waals surface area contributed by atoms with Gasteiger partial charge in [0.2, 0.25) is 0 Å². The summed E-state index contributed by atoms with van der Waals surface area (Å²) in [6.07, 6.45) is 2.40. The molecule has 7 nitrogen and oxygen atoms in total. The third-order valence-electron chi connectivity index (χ3n) is 4.37. The van der Waals surface area contributed by atoms with E-state index in [-0.39, 0.29) is 25.1 Å². The standard InChI is InChI=1S/C22H23FN4O3/c1-2-10-27-20(14-25-26-27)17-11-18(13-19(23)12-17)22(29)24-9-8-21(28)30-15-16-6-4-3-5-7-16/h3-7,11-14H,2,8-10,15H2,1H3,(H,24,29). The van der Waals surface area contributed by atoms with E-state index >= 15 is 0 Å². The highest BCUT2D eigenvalue weighted by atomic mass is 19.1. The minimum Gasteiger partial charge on any atom is -0.461 e. The van der Waals surface area contributed by atoms with Crippen LogP contribution in [0.25, 0.3) is 11.3 Å². The molecule has 0 bridgehead atoms. The van der Waals surface area contributed by atoms with Gasteiger partial charge in [-0.25, -0.2) is 9.07 Å². The number of hydrogen-bond acceptors (Lipinski definition) is 5. The van der Waals surface area contributed by atoms with E-state index in [1.54, 1.807) is 10.7 Å². The Kier molecular flexibility index (Phi) is 7.26. The first-order valence-corrected chi connectivity index (χ1v) is 9.74. The van der Waals surface area contributed by atoms with Crippen LogP contribution < -0.4 is 5.32 Å². The summed E-state index contributed by atoms with van der Waals surface area (Å²) in [4.78, 5) is 24.3. The maximum Gasteiger partial charge on any atom is 0.307 e. The number of rotatable bonds is 9. The molecule has 0 saturated carbocycles. The molecular formula is C22H23FN4O3. The van der Waals surface area contributed by atoms with Crippen molar-refractivity contribution in [2.75, 3.05) is 6.54 Å². The van der Waals surface area contributed by atoms with Crippen LogP contribution in [-0.2, 0) is 22.7 Å². The average molecular weight is 410 g/mol. The van der Waals surface area contributed by atoms with Crippen LogP contribution in [0.3, 0.4) is 0 Å². The van der Waals surface area contributed by atoms with Crippen molar-refractivity contribution < 1.29 is 18.7 Å². The number of aryl methyl sites for hydroxylation is 1. The monoisotopic (exact) mass is 410 g/mol. The van der Waals surface area contributed by atoms with Gasteiger partial charge in [-0.15, -0.1) is 5.10 Å². The highest BCUT2D eigenvalue weighted by Crippen LogP contribution is 2.21. The summed E-state index contributed by atoms with van der Waals surface area (Å²) < 4.78 is 20.9. The van der Waals surface area contributed by atoms with Gasteiger partial charge in [0.25, 0.3) is 5.91 Å². The van der Waals surface area contributed by atoms with E-state index < -0.39 is 17.7 Å². The Balaban J connectivity index is 1.55. The molecule has 0 atom stereocenters. The summed E-state index contributed by atoms with van der Waals surface area (Å²) in [5.41, 5.74) is 2.20. The van der Waals surface area contributed by atoms with E-state index in [1.807, 2.05) is 37.3 Å². The predicted octanol–water partition coefficient (Wildman–Crippen LogP) is 3.36. The number of aromatic nitrogens is 3. The fraction of sp³-hybridized carbons (Fsp3) is 0.273. The van der Waals surface area contributed by atoms with E-state index in [1.165, 1.54) is 12.3 Å². The first kappa shape index (κ1) is 21.2. The van der Waals surface area contributed by atoms with Gasteiger partial charge in [-0.2, -0.15) is 0 Å². The highest BCUT2D eigenvalue weighted by Gasteiger charge is 2.14. The van der Waals surface area contributed by atoms with Crippen LogP contribution >= 0.6 is 0 Å². The Labute approximate surface area is 173 Å². The first-order chi connectivity index (χ1) is 14.6. The second kappa shape index (κ2) is 10.3. The molecule has 1 aromatic heterocycles. The SMILES string of the molecule is CCCn1nncc1-c1cc(F)cc(C(=O)NCCC(=O)OCc2ccccc2)c1. The fourth-order valence-electron chi connectivity index (χ4n) is 2.92. The molecule has 0 unspecified atom stereocenters. The normalized spacial score (nSPS) is 10.6. The van der Waals surface area contributed by atoms with Gasteiger partial charge in [0.15, 0.2) is 0 Å². The number of nitrogens with zero attached hydrogens (tertiary/aromatic N) is 3. The molecule has 0 radical (unpaired) electrons. The number of nitrogens with one attached hydrogen (secondary N) is 1. The molecule has 3 rings (SSSR count). The van der Waals surface area contributed by atoms with Gasteiger partial charge in [0.1, 0.15) is 12.4 Å². The number of carbonyl (C=O) groups is 2. The minimum atomic E-state index is -0.538. The highest BCUT2D eigenvalue weighted by molar-refractivity contribution is 5.95. The van der Waals surface area contributed by atoms with Crippen LogP contribution in [-0.4, -0.2) is 33.4 Å². The van der Waals surface area contributed by atoms with Gasteiger partial charge < -0.3 is 10.1 Å².